The van der Waals surface area contributed by atoms with Gasteiger partial charge in [0, 0.05) is 19.6 Å². The van der Waals surface area contributed by atoms with E-state index in [0.29, 0.717) is 19.6 Å². The van der Waals surface area contributed by atoms with Gasteiger partial charge in [-0.15, -0.1) is 0 Å². The largest absolute Gasteiger partial charge is 0.445 e. The molecule has 2 rings (SSSR count). The van der Waals surface area contributed by atoms with Crippen molar-refractivity contribution in [3.05, 3.63) is 35.9 Å². The van der Waals surface area contributed by atoms with Crippen molar-refractivity contribution in [3.63, 3.8) is 0 Å². The third-order valence-corrected chi connectivity index (χ3v) is 3.91. The van der Waals surface area contributed by atoms with Crippen LogP contribution in [0.5, 0.6) is 0 Å². The number of ether oxygens (including phenoxy) is 1. The predicted molar refractivity (Wildman–Crippen MR) is 83.0 cm³/mol. The summed E-state index contributed by atoms with van der Waals surface area (Å²) in [5, 5.41) is 0. The van der Waals surface area contributed by atoms with Crippen molar-refractivity contribution in [2.45, 2.75) is 26.0 Å². The number of nitrogens with two attached hydrogens (primary N) is 1. The summed E-state index contributed by atoms with van der Waals surface area (Å²) in [5.74, 6) is -0.0730. The first-order valence-electron chi connectivity index (χ1n) is 7.60. The van der Waals surface area contributed by atoms with E-state index in [1.165, 1.54) is 0 Å². The molecular formula is C16H23N3O3. The molecule has 120 valence electrons. The van der Waals surface area contributed by atoms with E-state index in [-0.39, 0.29) is 31.2 Å². The van der Waals surface area contributed by atoms with Crippen LogP contribution in [0.15, 0.2) is 30.3 Å². The Morgan fingerprint density at radius 3 is 2.73 bits per heavy atom. The molecule has 0 spiro atoms. The molecule has 1 aliphatic heterocycles. The summed E-state index contributed by atoms with van der Waals surface area (Å²) in [5.41, 5.74) is 6.34. The third-order valence-electron chi connectivity index (χ3n) is 3.91. The maximum Gasteiger partial charge on any atom is 0.410 e. The van der Waals surface area contributed by atoms with Crippen LogP contribution in [0.25, 0.3) is 0 Å². The minimum atomic E-state index is -0.335. The summed E-state index contributed by atoms with van der Waals surface area (Å²) in [6.07, 6.45) is 0.429. The number of carbonyl (C=O) groups excluding carboxylic acids is 2. The van der Waals surface area contributed by atoms with Crippen LogP contribution in [0.4, 0.5) is 4.79 Å². The lowest BCUT2D eigenvalue weighted by Gasteiger charge is -2.27. The minimum absolute atomic E-state index is 0.00349. The van der Waals surface area contributed by atoms with E-state index in [1.807, 2.05) is 37.3 Å². The second-order valence-corrected chi connectivity index (χ2v) is 5.31. The highest BCUT2D eigenvalue weighted by Gasteiger charge is 2.32. The van der Waals surface area contributed by atoms with Gasteiger partial charge in [0.25, 0.3) is 0 Å². The van der Waals surface area contributed by atoms with Crippen molar-refractivity contribution >= 4 is 12.0 Å². The van der Waals surface area contributed by atoms with Crippen LogP contribution in [0.2, 0.25) is 0 Å². The SMILES string of the molecule is CCN(C(=O)OCc1ccccc1)C1CCN(C(=O)CN)C1. The number of likely N-dealkylation sites (tertiary alicyclic amines) is 1. The molecule has 0 saturated carbocycles. The van der Waals surface area contributed by atoms with Crippen molar-refractivity contribution in [3.8, 4) is 0 Å². The van der Waals surface area contributed by atoms with E-state index < -0.39 is 0 Å². The molecular weight excluding hydrogens is 282 g/mol. The van der Waals surface area contributed by atoms with Gasteiger partial charge in [-0.25, -0.2) is 4.79 Å². The molecule has 1 saturated heterocycles. The van der Waals surface area contributed by atoms with Crippen LogP contribution in [0, 0.1) is 0 Å². The molecule has 0 aromatic heterocycles. The summed E-state index contributed by atoms with van der Waals surface area (Å²) >= 11 is 0. The van der Waals surface area contributed by atoms with Gasteiger partial charge in [-0.1, -0.05) is 30.3 Å². The molecule has 1 atom stereocenters. The Labute approximate surface area is 130 Å². The number of hydrogen-bond donors (Lipinski definition) is 1. The standard InChI is InChI=1S/C16H23N3O3/c1-2-19(14-8-9-18(11-14)15(20)10-17)16(21)22-12-13-6-4-3-5-7-13/h3-7,14H,2,8-12,17H2,1H3. The smallest absolute Gasteiger partial charge is 0.410 e. The average Bonchev–Trinajstić information content (AvgIpc) is 3.03. The van der Waals surface area contributed by atoms with Gasteiger partial charge in [-0.2, -0.15) is 0 Å². The lowest BCUT2D eigenvalue weighted by Crippen LogP contribution is -2.43. The van der Waals surface area contributed by atoms with Crippen molar-refractivity contribution in [2.24, 2.45) is 5.73 Å². The van der Waals surface area contributed by atoms with Crippen molar-refractivity contribution in [2.75, 3.05) is 26.2 Å². The first-order valence-corrected chi connectivity index (χ1v) is 7.60. The molecule has 2 N–H and O–H groups in total. The maximum absolute atomic E-state index is 12.3. The first-order chi connectivity index (χ1) is 10.7. The zero-order valence-electron chi connectivity index (χ0n) is 12.9. The second kappa shape index (κ2) is 7.79. The monoisotopic (exact) mass is 305 g/mol. The van der Waals surface area contributed by atoms with Crippen LogP contribution in [-0.2, 0) is 16.1 Å². The zero-order valence-corrected chi connectivity index (χ0v) is 12.9. The highest BCUT2D eigenvalue weighted by atomic mass is 16.6. The first kappa shape index (κ1) is 16.3. The lowest BCUT2D eigenvalue weighted by atomic mass is 10.2. The van der Waals surface area contributed by atoms with E-state index in [9.17, 15) is 9.59 Å². The summed E-state index contributed by atoms with van der Waals surface area (Å²) in [7, 11) is 0. The normalized spacial score (nSPS) is 17.4. The summed E-state index contributed by atoms with van der Waals surface area (Å²) in [6, 6.07) is 9.58. The van der Waals surface area contributed by atoms with Gasteiger partial charge in [0.2, 0.25) is 5.91 Å². The lowest BCUT2D eigenvalue weighted by molar-refractivity contribution is -0.128. The molecule has 6 heteroatoms. The molecule has 22 heavy (non-hydrogen) atoms. The highest BCUT2D eigenvalue weighted by Crippen LogP contribution is 2.17. The Morgan fingerprint density at radius 2 is 2.09 bits per heavy atom. The minimum Gasteiger partial charge on any atom is -0.445 e. The molecule has 1 heterocycles. The maximum atomic E-state index is 12.3. The van der Waals surface area contributed by atoms with Gasteiger partial charge in [0.1, 0.15) is 6.61 Å². The Morgan fingerprint density at radius 1 is 1.36 bits per heavy atom. The number of nitrogens with zero attached hydrogens (tertiary/aromatic N) is 2. The van der Waals surface area contributed by atoms with Crippen molar-refractivity contribution < 1.29 is 14.3 Å². The molecule has 1 aromatic carbocycles. The van der Waals surface area contributed by atoms with E-state index >= 15 is 0 Å². The van der Waals surface area contributed by atoms with Crippen LogP contribution in [-0.4, -0.2) is 54.0 Å². The topological polar surface area (TPSA) is 75.9 Å². The fourth-order valence-electron chi connectivity index (χ4n) is 2.69. The van der Waals surface area contributed by atoms with Crippen molar-refractivity contribution in [1.82, 2.24) is 9.80 Å². The van der Waals surface area contributed by atoms with Gasteiger partial charge in [-0.05, 0) is 18.9 Å². The summed E-state index contributed by atoms with van der Waals surface area (Å²) in [6.45, 7) is 3.92. The Balaban J connectivity index is 1.88. The van der Waals surface area contributed by atoms with Crippen LogP contribution < -0.4 is 5.73 Å². The fourth-order valence-corrected chi connectivity index (χ4v) is 2.69. The van der Waals surface area contributed by atoms with Gasteiger partial charge in [0.05, 0.1) is 12.6 Å². The molecule has 1 aromatic rings. The van der Waals surface area contributed by atoms with Gasteiger partial charge < -0.3 is 20.3 Å². The number of benzene rings is 1. The molecule has 6 nitrogen and oxygen atoms in total. The molecule has 1 aliphatic rings. The molecule has 0 bridgehead atoms. The van der Waals surface area contributed by atoms with E-state index in [1.54, 1.807) is 9.80 Å². The molecule has 2 amide bonds. The summed E-state index contributed by atoms with van der Waals surface area (Å²) in [4.78, 5) is 27.3. The molecule has 1 unspecified atom stereocenters. The number of rotatable bonds is 5. The van der Waals surface area contributed by atoms with Crippen LogP contribution >= 0.6 is 0 Å². The van der Waals surface area contributed by atoms with Crippen molar-refractivity contribution in [1.29, 1.82) is 0 Å². The van der Waals surface area contributed by atoms with E-state index in [2.05, 4.69) is 0 Å². The predicted octanol–water partition coefficient (Wildman–Crippen LogP) is 1.20. The van der Waals surface area contributed by atoms with E-state index in [0.717, 1.165) is 12.0 Å². The van der Waals surface area contributed by atoms with Gasteiger partial charge in [-0.3, -0.25) is 4.79 Å². The highest BCUT2D eigenvalue weighted by molar-refractivity contribution is 5.78. The van der Waals surface area contributed by atoms with Gasteiger partial charge in [0.15, 0.2) is 0 Å². The summed E-state index contributed by atoms with van der Waals surface area (Å²) < 4.78 is 5.37. The molecule has 1 fully saturated rings. The van der Waals surface area contributed by atoms with Crippen LogP contribution in [0.1, 0.15) is 18.9 Å². The molecule has 0 aliphatic carbocycles. The Hall–Kier alpha value is -2.08. The van der Waals surface area contributed by atoms with Gasteiger partial charge >= 0.3 is 6.09 Å². The van der Waals surface area contributed by atoms with Crippen LogP contribution in [0.3, 0.4) is 0 Å². The fraction of sp³-hybridized carbons (Fsp3) is 0.500. The zero-order chi connectivity index (χ0) is 15.9. The Kier molecular flexibility index (Phi) is 5.77. The second-order valence-electron chi connectivity index (χ2n) is 5.31. The number of amides is 2. The molecule has 0 radical (unpaired) electrons. The Bertz CT molecular complexity index is 507. The number of likely N-dealkylation sites (N-methyl/N-ethyl adjacent to an activating group) is 1. The third kappa shape index (κ3) is 3.98. The average molecular weight is 305 g/mol. The number of carbonyl (C=O) groups is 2. The number of hydrogen-bond acceptors (Lipinski definition) is 4. The van der Waals surface area contributed by atoms with E-state index in [4.69, 9.17) is 10.5 Å². The quantitative estimate of drug-likeness (QED) is 0.887.